The largest absolute Gasteiger partial charge is 0.425 e. The van der Waals surface area contributed by atoms with Gasteiger partial charge in [0.15, 0.2) is 5.60 Å². The summed E-state index contributed by atoms with van der Waals surface area (Å²) in [6.45, 7) is 1.16. The average molecular weight is 415 g/mol. The van der Waals surface area contributed by atoms with Crippen LogP contribution in [0.4, 0.5) is 0 Å². The fourth-order valence-corrected chi connectivity index (χ4v) is 7.39. The Morgan fingerprint density at radius 2 is 1.93 bits per heavy atom. The number of halogens is 1. The van der Waals surface area contributed by atoms with E-state index in [1.54, 1.807) is 25.3 Å². The molecule has 5 aliphatic rings. The molecule has 1 aliphatic heterocycles. The SMILES string of the molecule is COC1(c2cccc(OP(C)(=O)O)c2)OOC12C1CC3CC2CC(Cl)(C3)C1. The molecular formula is C19H24ClO6P. The fraction of sp³-hybridized carbons (Fsp3) is 0.684. The van der Waals surface area contributed by atoms with Crippen LogP contribution in [0.5, 0.6) is 5.75 Å². The zero-order valence-electron chi connectivity index (χ0n) is 15.4. The van der Waals surface area contributed by atoms with Crippen molar-refractivity contribution in [1.29, 1.82) is 0 Å². The Balaban J connectivity index is 1.56. The maximum Gasteiger partial charge on any atom is 0.373 e. The number of rotatable bonds is 4. The number of ether oxygens (including phenoxy) is 1. The first-order valence-electron chi connectivity index (χ1n) is 9.41. The lowest BCUT2D eigenvalue weighted by Crippen LogP contribution is -2.78. The van der Waals surface area contributed by atoms with E-state index in [9.17, 15) is 9.46 Å². The Hall–Kier alpha value is -0.620. The van der Waals surface area contributed by atoms with Crippen molar-refractivity contribution in [3.05, 3.63) is 29.8 Å². The predicted molar refractivity (Wildman–Crippen MR) is 98.5 cm³/mol. The van der Waals surface area contributed by atoms with Gasteiger partial charge in [-0.2, -0.15) is 4.89 Å². The molecule has 1 saturated heterocycles. The van der Waals surface area contributed by atoms with Crippen molar-refractivity contribution >= 4 is 19.2 Å². The summed E-state index contributed by atoms with van der Waals surface area (Å²) >= 11 is 6.90. The second-order valence-electron chi connectivity index (χ2n) is 8.70. The van der Waals surface area contributed by atoms with Crippen LogP contribution in [0.15, 0.2) is 24.3 Å². The third kappa shape index (κ3) is 2.51. The minimum Gasteiger partial charge on any atom is -0.425 e. The molecule has 0 aromatic heterocycles. The van der Waals surface area contributed by atoms with E-state index in [0.29, 0.717) is 11.7 Å². The Morgan fingerprint density at radius 1 is 1.22 bits per heavy atom. The number of hydrogen-bond acceptors (Lipinski definition) is 5. The summed E-state index contributed by atoms with van der Waals surface area (Å²) < 4.78 is 22.8. The van der Waals surface area contributed by atoms with Gasteiger partial charge in [-0.1, -0.05) is 12.1 Å². The third-order valence-corrected chi connectivity index (χ3v) is 7.93. The van der Waals surface area contributed by atoms with Crippen LogP contribution >= 0.6 is 19.2 Å². The molecule has 1 spiro atoms. The van der Waals surface area contributed by atoms with Gasteiger partial charge in [-0.3, -0.25) is 0 Å². The van der Waals surface area contributed by atoms with Crippen LogP contribution in [0.25, 0.3) is 0 Å². The molecule has 5 fully saturated rings. The molecule has 8 heteroatoms. The molecule has 0 radical (unpaired) electrons. The molecule has 4 aliphatic carbocycles. The van der Waals surface area contributed by atoms with Gasteiger partial charge in [-0.25, -0.2) is 9.45 Å². The quantitative estimate of drug-likeness (QED) is 0.452. The highest BCUT2D eigenvalue weighted by atomic mass is 35.5. The van der Waals surface area contributed by atoms with Crippen molar-refractivity contribution in [2.75, 3.05) is 13.8 Å². The average Bonchev–Trinajstić information content (AvgIpc) is 2.52. The standard InChI is InChI=1S/C19H24ClO6P/c1-23-19(13-4-3-5-16(8-13)24-27(2,21)22)18(25-26-19)14-6-12-7-15(18)11-17(20,9-12)10-14/h3-5,8,12,14-15H,6-7,9-11H2,1-2H3,(H,21,22). The molecule has 1 aromatic carbocycles. The van der Waals surface area contributed by atoms with Crippen LogP contribution in [0.3, 0.4) is 0 Å². The molecule has 4 bridgehead atoms. The van der Waals surface area contributed by atoms with Crippen molar-refractivity contribution < 1.29 is 28.5 Å². The van der Waals surface area contributed by atoms with Gasteiger partial charge in [-0.15, -0.1) is 11.6 Å². The lowest BCUT2D eigenvalue weighted by atomic mass is 9.46. The van der Waals surface area contributed by atoms with Crippen LogP contribution in [-0.4, -0.2) is 29.1 Å². The molecule has 1 aromatic rings. The van der Waals surface area contributed by atoms with E-state index in [-0.39, 0.29) is 16.7 Å². The van der Waals surface area contributed by atoms with E-state index >= 15 is 0 Å². The Morgan fingerprint density at radius 3 is 2.44 bits per heavy atom. The van der Waals surface area contributed by atoms with Crippen molar-refractivity contribution in [3.8, 4) is 5.75 Å². The first-order chi connectivity index (χ1) is 12.7. The molecule has 4 unspecified atom stereocenters. The minimum absolute atomic E-state index is 0.128. The van der Waals surface area contributed by atoms with Gasteiger partial charge in [0.2, 0.25) is 0 Å². The van der Waals surface area contributed by atoms with Crippen molar-refractivity contribution in [3.63, 3.8) is 0 Å². The molecule has 6 nitrogen and oxygen atoms in total. The summed E-state index contributed by atoms with van der Waals surface area (Å²) in [5.74, 6) is 0.402. The van der Waals surface area contributed by atoms with Gasteiger partial charge < -0.3 is 14.2 Å². The van der Waals surface area contributed by atoms with Gasteiger partial charge in [0.25, 0.3) is 5.79 Å². The highest BCUT2D eigenvalue weighted by molar-refractivity contribution is 7.52. The topological polar surface area (TPSA) is 74.2 Å². The van der Waals surface area contributed by atoms with Crippen LogP contribution in [0.2, 0.25) is 0 Å². The molecule has 0 amide bonds. The summed E-state index contributed by atoms with van der Waals surface area (Å²) in [5.41, 5.74) is 0.156. The lowest BCUT2D eigenvalue weighted by Gasteiger charge is -2.70. The second kappa shape index (κ2) is 5.71. The lowest BCUT2D eigenvalue weighted by molar-refractivity contribution is -0.645. The maximum atomic E-state index is 11.7. The molecule has 148 valence electrons. The van der Waals surface area contributed by atoms with E-state index in [4.69, 9.17) is 30.6 Å². The minimum atomic E-state index is -3.66. The Kier molecular flexibility index (Phi) is 3.90. The zero-order valence-corrected chi connectivity index (χ0v) is 17.0. The normalized spacial score (nSPS) is 46.9. The number of benzene rings is 1. The molecule has 6 rings (SSSR count). The second-order valence-corrected chi connectivity index (χ2v) is 11.3. The van der Waals surface area contributed by atoms with E-state index < -0.39 is 19.0 Å². The van der Waals surface area contributed by atoms with E-state index in [0.717, 1.165) is 44.3 Å². The fourth-order valence-electron chi connectivity index (χ4n) is 6.30. The van der Waals surface area contributed by atoms with Gasteiger partial charge in [0.1, 0.15) is 5.75 Å². The van der Waals surface area contributed by atoms with Crippen LogP contribution in [-0.2, 0) is 24.9 Å². The van der Waals surface area contributed by atoms with Gasteiger partial charge >= 0.3 is 7.60 Å². The predicted octanol–water partition coefficient (Wildman–Crippen LogP) is 4.20. The first-order valence-corrected chi connectivity index (χ1v) is 11.8. The summed E-state index contributed by atoms with van der Waals surface area (Å²) in [4.78, 5) is 21.0. The van der Waals surface area contributed by atoms with Crippen LogP contribution < -0.4 is 4.52 Å². The maximum absolute atomic E-state index is 11.7. The molecule has 1 N–H and O–H groups in total. The van der Waals surface area contributed by atoms with Crippen molar-refractivity contribution in [2.24, 2.45) is 17.8 Å². The van der Waals surface area contributed by atoms with Gasteiger partial charge in [0.05, 0.1) is 0 Å². The Labute approximate surface area is 163 Å². The first kappa shape index (κ1) is 18.4. The monoisotopic (exact) mass is 414 g/mol. The summed E-state index contributed by atoms with van der Waals surface area (Å²) in [6, 6.07) is 7.02. The highest BCUT2D eigenvalue weighted by Crippen LogP contribution is 2.71. The van der Waals surface area contributed by atoms with E-state index in [2.05, 4.69) is 0 Å². The smallest absolute Gasteiger partial charge is 0.373 e. The molecule has 27 heavy (non-hydrogen) atoms. The van der Waals surface area contributed by atoms with Gasteiger partial charge in [-0.05, 0) is 62.0 Å². The summed E-state index contributed by atoms with van der Waals surface area (Å²) in [5, 5.41) is 0. The zero-order chi connectivity index (χ0) is 19.1. The highest BCUT2D eigenvalue weighted by Gasteiger charge is 2.78. The number of methoxy groups -OCH3 is 1. The van der Waals surface area contributed by atoms with E-state index in [1.807, 2.05) is 6.07 Å². The molecule has 4 saturated carbocycles. The van der Waals surface area contributed by atoms with Crippen LogP contribution in [0.1, 0.15) is 37.7 Å². The summed E-state index contributed by atoms with van der Waals surface area (Å²) in [7, 11) is -2.04. The van der Waals surface area contributed by atoms with Crippen molar-refractivity contribution in [2.45, 2.75) is 48.4 Å². The number of hydrogen-bond donors (Lipinski definition) is 1. The number of alkyl halides is 1. The third-order valence-electron chi connectivity index (χ3n) is 6.92. The van der Waals surface area contributed by atoms with Gasteiger partial charge in [0, 0.05) is 24.2 Å². The summed E-state index contributed by atoms with van der Waals surface area (Å²) in [6.07, 6.45) is 5.01. The van der Waals surface area contributed by atoms with Crippen LogP contribution in [0, 0.1) is 17.8 Å². The Bertz CT molecular complexity index is 804. The van der Waals surface area contributed by atoms with Crippen molar-refractivity contribution in [1.82, 2.24) is 0 Å². The molecule has 4 atom stereocenters. The molecule has 1 heterocycles. The van der Waals surface area contributed by atoms with E-state index in [1.165, 1.54) is 0 Å². The molecular weight excluding hydrogens is 391 g/mol.